The van der Waals surface area contributed by atoms with E-state index >= 15 is 0 Å². The summed E-state index contributed by atoms with van der Waals surface area (Å²) >= 11 is 0. The van der Waals surface area contributed by atoms with Gasteiger partial charge in [0.15, 0.2) is 0 Å². The van der Waals surface area contributed by atoms with Crippen LogP contribution in [0.3, 0.4) is 0 Å². The Hall–Kier alpha value is -0.610. The Kier molecular flexibility index (Phi) is 3.73. The molecule has 2 fully saturated rings. The van der Waals surface area contributed by atoms with Gasteiger partial charge < -0.3 is 15.7 Å². The molecule has 0 bridgehead atoms. The van der Waals surface area contributed by atoms with Gasteiger partial charge in [-0.3, -0.25) is 4.79 Å². The third kappa shape index (κ3) is 2.80. The molecule has 3 atom stereocenters. The van der Waals surface area contributed by atoms with E-state index in [2.05, 4.69) is 10.6 Å². The average Bonchev–Trinajstić information content (AvgIpc) is 2.79. The molecular formula is C13H24N2O2. The lowest BCUT2D eigenvalue weighted by atomic mass is 9.64. The monoisotopic (exact) mass is 240 g/mol. The Labute approximate surface area is 103 Å². The van der Waals surface area contributed by atoms with Crippen molar-refractivity contribution in [2.75, 3.05) is 13.1 Å². The fourth-order valence-corrected chi connectivity index (χ4v) is 2.71. The van der Waals surface area contributed by atoms with Crippen LogP contribution in [-0.4, -0.2) is 36.2 Å². The maximum absolute atomic E-state index is 11.8. The minimum absolute atomic E-state index is 0.141. The van der Waals surface area contributed by atoms with Gasteiger partial charge in [0.1, 0.15) is 0 Å². The fraction of sp³-hybridized carbons (Fsp3) is 0.923. The molecule has 0 radical (unpaired) electrons. The van der Waals surface area contributed by atoms with Crippen molar-refractivity contribution in [1.29, 1.82) is 0 Å². The van der Waals surface area contributed by atoms with Gasteiger partial charge in [0.2, 0.25) is 5.91 Å². The van der Waals surface area contributed by atoms with Crippen molar-refractivity contribution in [2.45, 2.75) is 51.7 Å². The minimum atomic E-state index is -0.271. The molecule has 2 rings (SSSR count). The number of aliphatic hydroxyl groups excluding tert-OH is 1. The summed E-state index contributed by atoms with van der Waals surface area (Å²) < 4.78 is 0. The Bertz CT molecular complexity index is 285. The molecule has 1 saturated heterocycles. The van der Waals surface area contributed by atoms with Crippen LogP contribution >= 0.6 is 0 Å². The lowest BCUT2D eigenvalue weighted by molar-refractivity contribution is -0.129. The molecule has 3 unspecified atom stereocenters. The maximum Gasteiger partial charge on any atom is 0.220 e. The Morgan fingerprint density at radius 3 is 2.82 bits per heavy atom. The van der Waals surface area contributed by atoms with Crippen molar-refractivity contribution < 1.29 is 9.90 Å². The molecule has 0 spiro atoms. The van der Waals surface area contributed by atoms with Crippen molar-refractivity contribution in [3.8, 4) is 0 Å². The van der Waals surface area contributed by atoms with E-state index in [0.717, 1.165) is 19.5 Å². The molecule has 0 aromatic carbocycles. The molecule has 1 aliphatic carbocycles. The van der Waals surface area contributed by atoms with Gasteiger partial charge in [-0.1, -0.05) is 13.8 Å². The molecule has 3 N–H and O–H groups in total. The van der Waals surface area contributed by atoms with Crippen LogP contribution in [-0.2, 0) is 4.79 Å². The first kappa shape index (κ1) is 12.8. The summed E-state index contributed by atoms with van der Waals surface area (Å²) in [6, 6.07) is 0.145. The zero-order chi connectivity index (χ0) is 12.5. The highest BCUT2D eigenvalue weighted by Crippen LogP contribution is 2.40. The van der Waals surface area contributed by atoms with Crippen LogP contribution in [0.15, 0.2) is 0 Å². The smallest absolute Gasteiger partial charge is 0.220 e. The SMILES string of the molecule is CC1(C)C(O)CC1NC(=O)CCC1CCNC1. The molecule has 1 saturated carbocycles. The summed E-state index contributed by atoms with van der Waals surface area (Å²) in [4.78, 5) is 11.8. The maximum atomic E-state index is 11.8. The first-order valence-electron chi connectivity index (χ1n) is 6.68. The van der Waals surface area contributed by atoms with Gasteiger partial charge in [0.25, 0.3) is 0 Å². The predicted octanol–water partition coefficient (Wildman–Crippen LogP) is 0.652. The number of nitrogens with one attached hydrogen (secondary N) is 2. The lowest BCUT2D eigenvalue weighted by Gasteiger charge is -2.49. The van der Waals surface area contributed by atoms with E-state index < -0.39 is 0 Å². The number of carbonyl (C=O) groups excluding carboxylic acids is 1. The number of aliphatic hydroxyl groups is 1. The van der Waals surface area contributed by atoms with Crippen molar-refractivity contribution >= 4 is 5.91 Å². The molecule has 1 amide bonds. The summed E-state index contributed by atoms with van der Waals surface area (Å²) in [5, 5.41) is 16.0. The topological polar surface area (TPSA) is 61.4 Å². The second-order valence-corrected chi connectivity index (χ2v) is 6.09. The molecule has 0 aromatic heterocycles. The summed E-state index contributed by atoms with van der Waals surface area (Å²) in [7, 11) is 0. The summed E-state index contributed by atoms with van der Waals surface area (Å²) in [6.07, 6.45) is 3.22. The second-order valence-electron chi connectivity index (χ2n) is 6.09. The number of rotatable bonds is 4. The molecule has 1 aliphatic heterocycles. The molecule has 2 aliphatic rings. The van der Waals surface area contributed by atoms with E-state index in [0.29, 0.717) is 18.8 Å². The third-order valence-electron chi connectivity index (χ3n) is 4.49. The van der Waals surface area contributed by atoms with Gasteiger partial charge in [0.05, 0.1) is 6.10 Å². The van der Waals surface area contributed by atoms with Crippen LogP contribution in [0.1, 0.15) is 39.5 Å². The Balaban J connectivity index is 1.67. The molecule has 0 aromatic rings. The quantitative estimate of drug-likeness (QED) is 0.676. The van der Waals surface area contributed by atoms with Gasteiger partial charge in [-0.15, -0.1) is 0 Å². The summed E-state index contributed by atoms with van der Waals surface area (Å²) in [5.41, 5.74) is -0.162. The first-order chi connectivity index (χ1) is 8.00. The predicted molar refractivity (Wildman–Crippen MR) is 66.5 cm³/mol. The lowest BCUT2D eigenvalue weighted by Crippen LogP contribution is -2.61. The molecule has 1 heterocycles. The van der Waals surface area contributed by atoms with Crippen LogP contribution in [0.25, 0.3) is 0 Å². The van der Waals surface area contributed by atoms with E-state index in [4.69, 9.17) is 0 Å². The highest BCUT2D eigenvalue weighted by atomic mass is 16.3. The van der Waals surface area contributed by atoms with Crippen molar-refractivity contribution in [2.24, 2.45) is 11.3 Å². The van der Waals surface area contributed by atoms with Crippen LogP contribution in [0.4, 0.5) is 0 Å². The van der Waals surface area contributed by atoms with Gasteiger partial charge in [-0.05, 0) is 38.3 Å². The van der Waals surface area contributed by atoms with E-state index in [-0.39, 0.29) is 23.5 Å². The van der Waals surface area contributed by atoms with Crippen LogP contribution < -0.4 is 10.6 Å². The fourth-order valence-electron chi connectivity index (χ4n) is 2.71. The van der Waals surface area contributed by atoms with Gasteiger partial charge >= 0.3 is 0 Å². The van der Waals surface area contributed by atoms with E-state index in [1.165, 1.54) is 6.42 Å². The van der Waals surface area contributed by atoms with E-state index in [9.17, 15) is 9.90 Å². The van der Waals surface area contributed by atoms with Gasteiger partial charge in [-0.2, -0.15) is 0 Å². The van der Waals surface area contributed by atoms with Gasteiger partial charge in [0, 0.05) is 17.9 Å². The highest BCUT2D eigenvalue weighted by molar-refractivity contribution is 5.76. The van der Waals surface area contributed by atoms with Crippen molar-refractivity contribution in [1.82, 2.24) is 10.6 Å². The molecular weight excluding hydrogens is 216 g/mol. The van der Waals surface area contributed by atoms with Crippen molar-refractivity contribution in [3.63, 3.8) is 0 Å². The molecule has 98 valence electrons. The summed E-state index contributed by atoms with van der Waals surface area (Å²) in [5.74, 6) is 0.808. The first-order valence-corrected chi connectivity index (χ1v) is 6.68. The Morgan fingerprint density at radius 2 is 2.29 bits per heavy atom. The van der Waals surface area contributed by atoms with E-state index in [1.807, 2.05) is 13.8 Å². The van der Waals surface area contributed by atoms with Crippen LogP contribution in [0.2, 0.25) is 0 Å². The van der Waals surface area contributed by atoms with Crippen LogP contribution in [0, 0.1) is 11.3 Å². The zero-order valence-corrected chi connectivity index (χ0v) is 10.8. The highest BCUT2D eigenvalue weighted by Gasteiger charge is 2.47. The number of carbonyl (C=O) groups is 1. The number of hydrogen-bond acceptors (Lipinski definition) is 3. The van der Waals surface area contributed by atoms with Crippen molar-refractivity contribution in [3.05, 3.63) is 0 Å². The normalized spacial score (nSPS) is 35.4. The summed E-state index contributed by atoms with van der Waals surface area (Å²) in [6.45, 7) is 6.16. The second kappa shape index (κ2) is 4.94. The largest absolute Gasteiger partial charge is 0.392 e. The average molecular weight is 240 g/mol. The molecule has 17 heavy (non-hydrogen) atoms. The minimum Gasteiger partial charge on any atom is -0.392 e. The molecule has 4 nitrogen and oxygen atoms in total. The zero-order valence-electron chi connectivity index (χ0n) is 10.8. The third-order valence-corrected chi connectivity index (χ3v) is 4.49. The van der Waals surface area contributed by atoms with Crippen LogP contribution in [0.5, 0.6) is 0 Å². The standard InChI is InChI=1S/C13H24N2O2/c1-13(2)10(7-11(13)16)15-12(17)4-3-9-5-6-14-8-9/h9-11,14,16H,3-8H2,1-2H3,(H,15,17). The number of hydrogen-bond donors (Lipinski definition) is 3. The van der Waals surface area contributed by atoms with E-state index in [1.54, 1.807) is 0 Å². The molecule has 4 heteroatoms. The Morgan fingerprint density at radius 1 is 1.53 bits per heavy atom. The van der Waals surface area contributed by atoms with Gasteiger partial charge in [-0.25, -0.2) is 0 Å². The number of amides is 1.